The van der Waals surface area contributed by atoms with E-state index in [4.69, 9.17) is 12.2 Å². The Morgan fingerprint density at radius 2 is 1.63 bits per heavy atom. The lowest BCUT2D eigenvalue weighted by Gasteiger charge is -2.11. The molecular formula is C21H27N3O2S. The fourth-order valence-corrected chi connectivity index (χ4v) is 3.06. The lowest BCUT2D eigenvalue weighted by atomic mass is 10.0. The maximum atomic E-state index is 12.2. The van der Waals surface area contributed by atoms with Crippen molar-refractivity contribution in [3.05, 3.63) is 48.0 Å². The van der Waals surface area contributed by atoms with E-state index in [0.29, 0.717) is 6.42 Å². The van der Waals surface area contributed by atoms with Crippen molar-refractivity contribution >= 4 is 39.9 Å². The van der Waals surface area contributed by atoms with Crippen molar-refractivity contribution in [2.45, 2.75) is 51.9 Å². The Labute approximate surface area is 165 Å². The van der Waals surface area contributed by atoms with Crippen LogP contribution in [-0.2, 0) is 16.0 Å². The first-order chi connectivity index (χ1) is 13.1. The molecule has 0 atom stereocenters. The Kier molecular flexibility index (Phi) is 8.71. The fourth-order valence-electron chi connectivity index (χ4n) is 2.90. The van der Waals surface area contributed by atoms with Crippen LogP contribution < -0.4 is 16.2 Å². The average Bonchev–Trinajstić information content (AvgIpc) is 2.66. The summed E-state index contributed by atoms with van der Waals surface area (Å²) in [5.41, 5.74) is 6.07. The van der Waals surface area contributed by atoms with Crippen LogP contribution in [0.5, 0.6) is 0 Å². The predicted molar refractivity (Wildman–Crippen MR) is 113 cm³/mol. The van der Waals surface area contributed by atoms with Crippen molar-refractivity contribution in [3.63, 3.8) is 0 Å². The number of fused-ring (bicyclic) bond motifs is 1. The van der Waals surface area contributed by atoms with Crippen LogP contribution >= 0.6 is 12.2 Å². The number of unbranched alkanes of at least 4 members (excludes halogenated alkanes) is 4. The molecular weight excluding hydrogens is 358 g/mol. The fraction of sp³-hybridized carbons (Fsp3) is 0.381. The van der Waals surface area contributed by atoms with E-state index in [1.165, 1.54) is 12.8 Å². The van der Waals surface area contributed by atoms with Crippen molar-refractivity contribution in [3.8, 4) is 0 Å². The summed E-state index contributed by atoms with van der Waals surface area (Å²) >= 11 is 5.05. The maximum absolute atomic E-state index is 12.2. The van der Waals surface area contributed by atoms with Gasteiger partial charge in [-0.3, -0.25) is 20.4 Å². The van der Waals surface area contributed by atoms with Crippen LogP contribution in [0.1, 0.15) is 51.0 Å². The second-order valence-corrected chi connectivity index (χ2v) is 6.94. The number of carbonyl (C=O) groups is 2. The second kappa shape index (κ2) is 11.3. The molecule has 6 heteroatoms. The van der Waals surface area contributed by atoms with E-state index in [1.807, 2.05) is 42.5 Å². The molecule has 0 heterocycles. The van der Waals surface area contributed by atoms with Gasteiger partial charge in [0.2, 0.25) is 11.8 Å². The summed E-state index contributed by atoms with van der Waals surface area (Å²) in [6, 6.07) is 13.8. The third-order valence-electron chi connectivity index (χ3n) is 4.31. The van der Waals surface area contributed by atoms with Gasteiger partial charge in [-0.2, -0.15) is 0 Å². The van der Waals surface area contributed by atoms with Gasteiger partial charge in [0.05, 0.1) is 6.42 Å². The SMILES string of the molecule is CCCCCCCC(=O)NC(=S)NNC(=O)Cc1cccc2ccccc12. The van der Waals surface area contributed by atoms with Crippen LogP contribution in [0, 0.1) is 0 Å². The molecule has 144 valence electrons. The lowest BCUT2D eigenvalue weighted by molar-refractivity contribution is -0.122. The summed E-state index contributed by atoms with van der Waals surface area (Å²) in [6.45, 7) is 2.16. The molecule has 0 bridgehead atoms. The summed E-state index contributed by atoms with van der Waals surface area (Å²) in [5.74, 6) is -0.352. The molecule has 0 aliphatic rings. The van der Waals surface area contributed by atoms with Gasteiger partial charge >= 0.3 is 0 Å². The second-order valence-electron chi connectivity index (χ2n) is 6.53. The molecule has 0 aliphatic heterocycles. The maximum Gasteiger partial charge on any atom is 0.242 e. The van der Waals surface area contributed by atoms with E-state index < -0.39 is 0 Å². The van der Waals surface area contributed by atoms with Crippen molar-refractivity contribution < 1.29 is 9.59 Å². The highest BCUT2D eigenvalue weighted by Crippen LogP contribution is 2.18. The molecule has 2 rings (SSSR count). The van der Waals surface area contributed by atoms with Crippen LogP contribution in [0.2, 0.25) is 0 Å². The summed E-state index contributed by atoms with van der Waals surface area (Å²) in [6.07, 6.45) is 6.09. The van der Waals surface area contributed by atoms with E-state index in [2.05, 4.69) is 23.1 Å². The highest BCUT2D eigenvalue weighted by atomic mass is 32.1. The van der Waals surface area contributed by atoms with E-state index in [9.17, 15) is 9.59 Å². The number of hydrogen-bond acceptors (Lipinski definition) is 3. The zero-order chi connectivity index (χ0) is 19.5. The van der Waals surface area contributed by atoms with Crippen molar-refractivity contribution in [1.82, 2.24) is 16.2 Å². The summed E-state index contributed by atoms with van der Waals surface area (Å²) < 4.78 is 0. The third kappa shape index (κ3) is 7.35. The number of carbonyl (C=O) groups excluding carboxylic acids is 2. The van der Waals surface area contributed by atoms with Gasteiger partial charge in [0.25, 0.3) is 0 Å². The van der Waals surface area contributed by atoms with E-state index >= 15 is 0 Å². The highest BCUT2D eigenvalue weighted by molar-refractivity contribution is 7.80. The molecule has 27 heavy (non-hydrogen) atoms. The van der Waals surface area contributed by atoms with Crippen LogP contribution in [0.25, 0.3) is 10.8 Å². The summed E-state index contributed by atoms with van der Waals surface area (Å²) in [7, 11) is 0. The minimum atomic E-state index is -0.220. The molecule has 0 spiro atoms. The van der Waals surface area contributed by atoms with Crippen LogP contribution in [-0.4, -0.2) is 16.9 Å². The van der Waals surface area contributed by atoms with E-state index in [0.717, 1.165) is 35.6 Å². The Bertz CT molecular complexity index is 787. The molecule has 0 radical (unpaired) electrons. The van der Waals surface area contributed by atoms with Gasteiger partial charge in [-0.15, -0.1) is 0 Å². The number of thiocarbonyl (C=S) groups is 1. The monoisotopic (exact) mass is 385 g/mol. The molecule has 0 aliphatic carbocycles. The Morgan fingerprint density at radius 1 is 0.889 bits per heavy atom. The quantitative estimate of drug-likeness (QED) is 0.368. The largest absolute Gasteiger partial charge is 0.302 e. The number of hydrogen-bond donors (Lipinski definition) is 3. The van der Waals surface area contributed by atoms with E-state index in [-0.39, 0.29) is 23.3 Å². The summed E-state index contributed by atoms with van der Waals surface area (Å²) in [4.78, 5) is 24.0. The van der Waals surface area contributed by atoms with Crippen molar-refractivity contribution in [2.24, 2.45) is 0 Å². The molecule has 5 nitrogen and oxygen atoms in total. The number of rotatable bonds is 8. The molecule has 0 unspecified atom stereocenters. The first-order valence-electron chi connectivity index (χ1n) is 9.45. The van der Waals surface area contributed by atoms with Gasteiger partial charge in [-0.1, -0.05) is 75.1 Å². The number of amides is 2. The molecule has 0 saturated heterocycles. The zero-order valence-corrected chi connectivity index (χ0v) is 16.5. The molecule has 0 saturated carbocycles. The van der Waals surface area contributed by atoms with E-state index in [1.54, 1.807) is 0 Å². The van der Waals surface area contributed by atoms with Gasteiger partial charge in [-0.05, 0) is 35.0 Å². The van der Waals surface area contributed by atoms with Crippen molar-refractivity contribution in [2.75, 3.05) is 0 Å². The van der Waals surface area contributed by atoms with Crippen molar-refractivity contribution in [1.29, 1.82) is 0 Å². The first kappa shape index (κ1) is 20.8. The van der Waals surface area contributed by atoms with Gasteiger partial charge in [0.15, 0.2) is 5.11 Å². The first-order valence-corrected chi connectivity index (χ1v) is 9.86. The zero-order valence-electron chi connectivity index (χ0n) is 15.7. The topological polar surface area (TPSA) is 70.2 Å². The number of benzene rings is 2. The minimum absolute atomic E-state index is 0.111. The Morgan fingerprint density at radius 3 is 2.44 bits per heavy atom. The Hall–Kier alpha value is -2.47. The number of hydrazine groups is 1. The molecule has 2 aromatic rings. The van der Waals surface area contributed by atoms with Crippen LogP contribution in [0.3, 0.4) is 0 Å². The normalized spacial score (nSPS) is 10.4. The van der Waals surface area contributed by atoms with Crippen LogP contribution in [0.4, 0.5) is 0 Å². The predicted octanol–water partition coefficient (Wildman–Crippen LogP) is 3.76. The Balaban J connectivity index is 1.72. The van der Waals surface area contributed by atoms with Crippen LogP contribution in [0.15, 0.2) is 42.5 Å². The molecule has 2 aromatic carbocycles. The molecule has 3 N–H and O–H groups in total. The lowest BCUT2D eigenvalue weighted by Crippen LogP contribution is -2.48. The van der Waals surface area contributed by atoms with Gasteiger partial charge in [0.1, 0.15) is 0 Å². The molecule has 2 amide bonds. The highest BCUT2D eigenvalue weighted by Gasteiger charge is 2.08. The summed E-state index contributed by atoms with van der Waals surface area (Å²) in [5, 5.41) is 4.84. The van der Waals surface area contributed by atoms with Gasteiger partial charge < -0.3 is 5.32 Å². The standard InChI is InChI=1S/C21H27N3O2S/c1-2-3-4-5-6-14-19(25)22-21(27)24-23-20(26)15-17-12-9-11-16-10-7-8-13-18(16)17/h7-13H,2-6,14-15H2,1H3,(H,23,26)(H2,22,24,25,27). The number of nitrogens with one attached hydrogen (secondary N) is 3. The third-order valence-corrected chi connectivity index (χ3v) is 4.51. The average molecular weight is 386 g/mol. The van der Waals surface area contributed by atoms with Gasteiger partial charge in [0, 0.05) is 6.42 Å². The molecule has 0 fully saturated rings. The smallest absolute Gasteiger partial charge is 0.242 e. The van der Waals surface area contributed by atoms with Gasteiger partial charge in [-0.25, -0.2) is 0 Å². The molecule has 0 aromatic heterocycles. The minimum Gasteiger partial charge on any atom is -0.302 e.